The Balaban J connectivity index is 2.84. The topological polar surface area (TPSA) is 66.8 Å². The molecule has 2 N–H and O–H groups in total. The lowest BCUT2D eigenvalue weighted by Gasteiger charge is -2.11. The molecule has 4 nitrogen and oxygen atoms in total. The summed E-state index contributed by atoms with van der Waals surface area (Å²) in [6.07, 6.45) is -0.914. The van der Waals surface area contributed by atoms with E-state index in [1.54, 1.807) is 0 Å². The predicted octanol–water partition coefficient (Wildman–Crippen LogP) is 0.509. The Hall–Kier alpha value is -1.53. The van der Waals surface area contributed by atoms with Crippen LogP contribution in [-0.4, -0.2) is 35.8 Å². The van der Waals surface area contributed by atoms with Crippen molar-refractivity contribution in [1.82, 2.24) is 0 Å². The lowest BCUT2D eigenvalue weighted by Crippen LogP contribution is -2.22. The third-order valence-electron chi connectivity index (χ3n) is 1.79. The SMILES string of the molecule is O=Cc1cc(F)c(OCC(O)CO)c(F)c1. The van der Waals surface area contributed by atoms with Crippen LogP contribution in [-0.2, 0) is 0 Å². The molecule has 0 saturated carbocycles. The van der Waals surface area contributed by atoms with Gasteiger partial charge >= 0.3 is 0 Å². The number of hydrogen-bond donors (Lipinski definition) is 2. The van der Waals surface area contributed by atoms with Crippen molar-refractivity contribution in [2.24, 2.45) is 0 Å². The lowest BCUT2D eigenvalue weighted by atomic mass is 10.2. The quantitative estimate of drug-likeness (QED) is 0.726. The van der Waals surface area contributed by atoms with Crippen LogP contribution in [0.4, 0.5) is 8.78 Å². The maximum Gasteiger partial charge on any atom is 0.190 e. The molecule has 88 valence electrons. The van der Waals surface area contributed by atoms with E-state index in [0.29, 0.717) is 6.29 Å². The van der Waals surface area contributed by atoms with Gasteiger partial charge in [-0.05, 0) is 12.1 Å². The number of carbonyl (C=O) groups is 1. The van der Waals surface area contributed by atoms with Gasteiger partial charge in [0, 0.05) is 5.56 Å². The van der Waals surface area contributed by atoms with Crippen molar-refractivity contribution in [3.8, 4) is 5.75 Å². The first-order valence-corrected chi connectivity index (χ1v) is 4.44. The average Bonchev–Trinajstić information content (AvgIpc) is 2.27. The van der Waals surface area contributed by atoms with Crippen LogP contribution < -0.4 is 4.74 Å². The molecular formula is C10H10F2O4. The largest absolute Gasteiger partial charge is 0.485 e. The molecule has 0 fully saturated rings. The zero-order chi connectivity index (χ0) is 12.1. The molecule has 1 aromatic carbocycles. The smallest absolute Gasteiger partial charge is 0.190 e. The van der Waals surface area contributed by atoms with E-state index in [4.69, 9.17) is 10.2 Å². The molecule has 0 aliphatic rings. The number of ether oxygens (including phenoxy) is 1. The highest BCUT2D eigenvalue weighted by molar-refractivity contribution is 5.75. The predicted molar refractivity (Wildman–Crippen MR) is 50.3 cm³/mol. The summed E-state index contributed by atoms with van der Waals surface area (Å²) in [5, 5.41) is 17.4. The normalized spacial score (nSPS) is 12.2. The molecule has 1 rings (SSSR count). The summed E-state index contributed by atoms with van der Waals surface area (Å²) in [5.74, 6) is -2.75. The fourth-order valence-electron chi connectivity index (χ4n) is 1.02. The van der Waals surface area contributed by atoms with E-state index in [1.807, 2.05) is 0 Å². The zero-order valence-electron chi connectivity index (χ0n) is 8.19. The van der Waals surface area contributed by atoms with E-state index < -0.39 is 36.7 Å². The summed E-state index contributed by atoms with van der Waals surface area (Å²) in [7, 11) is 0. The molecule has 0 saturated heterocycles. The number of halogens is 2. The summed E-state index contributed by atoms with van der Waals surface area (Å²) in [6, 6.07) is 1.63. The van der Waals surface area contributed by atoms with E-state index in [9.17, 15) is 13.6 Å². The van der Waals surface area contributed by atoms with Gasteiger partial charge in [0.15, 0.2) is 17.4 Å². The Kier molecular flexibility index (Phi) is 4.33. The molecule has 6 heteroatoms. The number of aldehydes is 1. The molecule has 1 aromatic rings. The van der Waals surface area contributed by atoms with Crippen LogP contribution in [0.1, 0.15) is 10.4 Å². The minimum Gasteiger partial charge on any atom is -0.485 e. The van der Waals surface area contributed by atoms with Crippen molar-refractivity contribution >= 4 is 6.29 Å². The van der Waals surface area contributed by atoms with Gasteiger partial charge in [-0.1, -0.05) is 0 Å². The molecule has 0 heterocycles. The number of benzene rings is 1. The van der Waals surface area contributed by atoms with Gasteiger partial charge < -0.3 is 14.9 Å². The van der Waals surface area contributed by atoms with Crippen molar-refractivity contribution < 1.29 is 28.5 Å². The fourth-order valence-corrected chi connectivity index (χ4v) is 1.02. The maximum atomic E-state index is 13.2. The van der Waals surface area contributed by atoms with Crippen LogP contribution in [0.5, 0.6) is 5.75 Å². The lowest BCUT2D eigenvalue weighted by molar-refractivity contribution is 0.0509. The number of rotatable bonds is 5. The second kappa shape index (κ2) is 5.53. The average molecular weight is 232 g/mol. The fraction of sp³-hybridized carbons (Fsp3) is 0.300. The Labute approximate surface area is 90.1 Å². The van der Waals surface area contributed by atoms with Crippen LogP contribution in [0.15, 0.2) is 12.1 Å². The van der Waals surface area contributed by atoms with Crippen LogP contribution in [0.3, 0.4) is 0 Å². The Bertz CT molecular complexity index is 358. The summed E-state index contributed by atoms with van der Waals surface area (Å²) < 4.78 is 31.0. The van der Waals surface area contributed by atoms with Gasteiger partial charge in [0.05, 0.1) is 6.61 Å². The minimum atomic E-state index is -1.22. The van der Waals surface area contributed by atoms with Gasteiger partial charge in [0.2, 0.25) is 0 Å². The molecule has 1 atom stereocenters. The van der Waals surface area contributed by atoms with Gasteiger partial charge in [0.25, 0.3) is 0 Å². The highest BCUT2D eigenvalue weighted by atomic mass is 19.1. The van der Waals surface area contributed by atoms with Crippen molar-refractivity contribution in [2.45, 2.75) is 6.10 Å². The summed E-state index contributed by atoms with van der Waals surface area (Å²) in [5.41, 5.74) is -0.148. The number of hydrogen-bond acceptors (Lipinski definition) is 4. The summed E-state index contributed by atoms with van der Waals surface area (Å²) >= 11 is 0. The second-order valence-electron chi connectivity index (χ2n) is 3.08. The molecule has 0 spiro atoms. The molecule has 0 radical (unpaired) electrons. The van der Waals surface area contributed by atoms with Gasteiger partial charge in [-0.3, -0.25) is 4.79 Å². The van der Waals surface area contributed by atoms with Crippen molar-refractivity contribution in [2.75, 3.05) is 13.2 Å². The van der Waals surface area contributed by atoms with E-state index in [0.717, 1.165) is 12.1 Å². The van der Waals surface area contributed by atoms with Crippen LogP contribution in [0.2, 0.25) is 0 Å². The summed E-state index contributed by atoms with van der Waals surface area (Å²) in [6.45, 7) is -1.01. The van der Waals surface area contributed by atoms with E-state index >= 15 is 0 Å². The first-order valence-electron chi connectivity index (χ1n) is 4.44. The highest BCUT2D eigenvalue weighted by Crippen LogP contribution is 2.22. The van der Waals surface area contributed by atoms with E-state index in [2.05, 4.69) is 4.74 Å². The molecule has 0 amide bonds. The third kappa shape index (κ3) is 2.98. The second-order valence-corrected chi connectivity index (χ2v) is 3.08. The first kappa shape index (κ1) is 12.5. The first-order chi connectivity index (χ1) is 7.58. The van der Waals surface area contributed by atoms with Crippen LogP contribution >= 0.6 is 0 Å². The van der Waals surface area contributed by atoms with Gasteiger partial charge in [0.1, 0.15) is 19.0 Å². The zero-order valence-corrected chi connectivity index (χ0v) is 8.19. The molecule has 0 aromatic heterocycles. The Morgan fingerprint density at radius 2 is 1.94 bits per heavy atom. The Morgan fingerprint density at radius 1 is 1.38 bits per heavy atom. The number of aliphatic hydroxyl groups excluding tert-OH is 2. The minimum absolute atomic E-state index is 0.148. The van der Waals surface area contributed by atoms with Crippen molar-refractivity contribution in [3.63, 3.8) is 0 Å². The molecule has 16 heavy (non-hydrogen) atoms. The van der Waals surface area contributed by atoms with E-state index in [1.165, 1.54) is 0 Å². The van der Waals surface area contributed by atoms with Gasteiger partial charge in [-0.2, -0.15) is 0 Å². The molecule has 0 aliphatic carbocycles. The van der Waals surface area contributed by atoms with Crippen molar-refractivity contribution in [1.29, 1.82) is 0 Å². The monoisotopic (exact) mass is 232 g/mol. The number of aliphatic hydroxyl groups is 2. The molecule has 1 unspecified atom stereocenters. The molecule has 0 bridgehead atoms. The Morgan fingerprint density at radius 3 is 2.38 bits per heavy atom. The highest BCUT2D eigenvalue weighted by Gasteiger charge is 2.14. The maximum absolute atomic E-state index is 13.2. The van der Waals surface area contributed by atoms with E-state index in [-0.39, 0.29) is 5.56 Å². The summed E-state index contributed by atoms with van der Waals surface area (Å²) in [4.78, 5) is 10.3. The van der Waals surface area contributed by atoms with Crippen LogP contribution in [0.25, 0.3) is 0 Å². The molecular weight excluding hydrogens is 222 g/mol. The van der Waals surface area contributed by atoms with Gasteiger partial charge in [-0.15, -0.1) is 0 Å². The van der Waals surface area contributed by atoms with Crippen molar-refractivity contribution in [3.05, 3.63) is 29.3 Å². The third-order valence-corrected chi connectivity index (χ3v) is 1.79. The van der Waals surface area contributed by atoms with Crippen LogP contribution in [0, 0.1) is 11.6 Å². The van der Waals surface area contributed by atoms with Gasteiger partial charge in [-0.25, -0.2) is 8.78 Å². The number of carbonyl (C=O) groups excluding carboxylic acids is 1. The molecule has 0 aliphatic heterocycles. The standard InChI is InChI=1S/C10H10F2O4/c11-8-1-6(3-13)2-9(12)10(8)16-5-7(15)4-14/h1-3,7,14-15H,4-5H2.